The number of ether oxygens (including phenoxy) is 1. The number of anilines is 2. The number of halogens is 4. The van der Waals surface area contributed by atoms with Gasteiger partial charge in [-0.3, -0.25) is 9.69 Å². The number of nitrogens with two attached hydrogens (primary N) is 1. The van der Waals surface area contributed by atoms with Gasteiger partial charge >= 0.3 is 12.2 Å². The molecule has 7 rings (SSSR count). The summed E-state index contributed by atoms with van der Waals surface area (Å²) in [5, 5.41) is 13.8. The van der Waals surface area contributed by atoms with Gasteiger partial charge in [0.05, 0.1) is 22.5 Å². The van der Waals surface area contributed by atoms with Crippen molar-refractivity contribution in [3.8, 4) is 6.01 Å². The van der Waals surface area contributed by atoms with Gasteiger partial charge in [-0.15, -0.1) is 0 Å². The molecule has 292 valence electrons. The van der Waals surface area contributed by atoms with Gasteiger partial charge in [0, 0.05) is 69.2 Å². The number of carbonyl (C=O) groups is 1. The average molecular weight is 758 g/mol. The summed E-state index contributed by atoms with van der Waals surface area (Å²) in [6, 6.07) is 1.35. The fourth-order valence-corrected chi connectivity index (χ4v) is 8.64. The molecule has 4 atom stereocenters. The molecule has 1 aliphatic carbocycles. The molecule has 54 heavy (non-hydrogen) atoms. The first kappa shape index (κ1) is 37.9. The lowest BCUT2D eigenvalue weighted by Gasteiger charge is -2.41. The highest BCUT2D eigenvalue weighted by Gasteiger charge is 2.50. The molecule has 0 bridgehead atoms. The molecule has 0 saturated carbocycles. The van der Waals surface area contributed by atoms with E-state index in [0.717, 1.165) is 24.9 Å². The normalized spacial score (nSPS) is 24.9. The number of pyridine rings is 1. The van der Waals surface area contributed by atoms with E-state index in [0.29, 0.717) is 50.5 Å². The van der Waals surface area contributed by atoms with Gasteiger partial charge in [-0.2, -0.15) is 28.1 Å². The van der Waals surface area contributed by atoms with Gasteiger partial charge in [0.15, 0.2) is 0 Å². The topological polar surface area (TPSA) is 160 Å². The van der Waals surface area contributed by atoms with Crippen LogP contribution in [0.1, 0.15) is 85.7 Å². The number of amides is 1. The summed E-state index contributed by atoms with van der Waals surface area (Å²) < 4.78 is 69.2. The molecular weight excluding hydrogens is 710 g/mol. The highest BCUT2D eigenvalue weighted by Crippen LogP contribution is 2.45. The maximum atomic E-state index is 14.5. The van der Waals surface area contributed by atoms with Crippen molar-refractivity contribution in [1.29, 1.82) is 0 Å². The first-order valence-electron chi connectivity index (χ1n) is 18.4. The lowest BCUT2D eigenvalue weighted by molar-refractivity contribution is -0.139. The fraction of sp³-hybridized carbons (Fsp3) is 0.622. The minimum absolute atomic E-state index is 0.0243. The second-order valence-corrected chi connectivity index (χ2v) is 16.1. The van der Waals surface area contributed by atoms with Crippen LogP contribution in [-0.2, 0) is 29.4 Å². The second-order valence-electron chi connectivity index (χ2n) is 16.1. The number of nitrogen functional groups attached to an aromatic ring is 1. The largest absolute Gasteiger partial charge is 0.461 e. The first-order chi connectivity index (χ1) is 25.4. The van der Waals surface area contributed by atoms with Gasteiger partial charge in [-0.25, -0.2) is 9.37 Å². The minimum atomic E-state index is -4.62. The number of rotatable bonds is 10. The summed E-state index contributed by atoms with van der Waals surface area (Å²) >= 11 is 0. The Balaban J connectivity index is 1.11. The summed E-state index contributed by atoms with van der Waals surface area (Å²) in [5.74, 6) is -0.108. The highest BCUT2D eigenvalue weighted by molar-refractivity contribution is 5.91. The molecule has 0 unspecified atom stereocenters. The van der Waals surface area contributed by atoms with Crippen LogP contribution in [0.4, 0.5) is 29.2 Å². The van der Waals surface area contributed by atoms with Crippen LogP contribution >= 0.6 is 0 Å². The number of aromatic nitrogens is 5. The molecule has 1 amide bonds. The molecule has 13 nitrogen and oxygen atoms in total. The zero-order chi connectivity index (χ0) is 38.7. The van der Waals surface area contributed by atoms with E-state index in [-0.39, 0.29) is 65.6 Å². The number of carbonyl (C=O) groups excluding carboxylic acids is 1. The van der Waals surface area contributed by atoms with Gasteiger partial charge < -0.3 is 29.9 Å². The van der Waals surface area contributed by atoms with Crippen molar-refractivity contribution in [2.24, 2.45) is 11.8 Å². The van der Waals surface area contributed by atoms with Crippen LogP contribution in [0, 0.1) is 18.8 Å². The van der Waals surface area contributed by atoms with Gasteiger partial charge in [0.25, 0.3) is 5.89 Å². The summed E-state index contributed by atoms with van der Waals surface area (Å²) in [5.41, 5.74) is 4.87. The molecule has 3 aromatic rings. The third-order valence-electron chi connectivity index (χ3n) is 11.3. The molecule has 17 heteroatoms. The maximum absolute atomic E-state index is 14.5. The monoisotopic (exact) mass is 757 g/mol. The van der Waals surface area contributed by atoms with E-state index >= 15 is 0 Å². The summed E-state index contributed by atoms with van der Waals surface area (Å²) in [4.78, 5) is 36.7. The predicted octanol–water partition coefficient (Wildman–Crippen LogP) is 4.47. The Morgan fingerprint density at radius 2 is 1.94 bits per heavy atom. The molecule has 0 spiro atoms. The third kappa shape index (κ3) is 7.48. The lowest BCUT2D eigenvalue weighted by Crippen LogP contribution is -2.53. The van der Waals surface area contributed by atoms with Crippen LogP contribution in [0.15, 0.2) is 16.7 Å². The van der Waals surface area contributed by atoms with Crippen molar-refractivity contribution in [3.05, 3.63) is 51.9 Å². The van der Waals surface area contributed by atoms with Crippen LogP contribution in [0.3, 0.4) is 0 Å². The van der Waals surface area contributed by atoms with Crippen molar-refractivity contribution in [2.75, 3.05) is 57.0 Å². The smallest absolute Gasteiger partial charge is 0.418 e. The van der Waals surface area contributed by atoms with E-state index in [2.05, 4.69) is 20.0 Å². The number of aliphatic hydroxyl groups is 1. The Kier molecular flexibility index (Phi) is 9.86. The lowest BCUT2D eigenvalue weighted by atomic mass is 9.75. The molecule has 0 aromatic carbocycles. The van der Waals surface area contributed by atoms with Gasteiger partial charge in [0.2, 0.25) is 11.7 Å². The van der Waals surface area contributed by atoms with Crippen LogP contribution in [-0.4, -0.2) is 104 Å². The maximum Gasteiger partial charge on any atom is 0.418 e. The zero-order valence-electron chi connectivity index (χ0n) is 31.2. The molecule has 6 heterocycles. The number of alkyl halides is 4. The van der Waals surface area contributed by atoms with Gasteiger partial charge in [0.1, 0.15) is 30.0 Å². The van der Waals surface area contributed by atoms with Crippen LogP contribution in [0.25, 0.3) is 6.08 Å². The quantitative estimate of drug-likeness (QED) is 0.221. The van der Waals surface area contributed by atoms with E-state index in [1.54, 1.807) is 4.90 Å². The second kappa shape index (κ2) is 14.0. The first-order valence-corrected chi connectivity index (χ1v) is 18.4. The molecule has 3 fully saturated rings. The number of hydrogen-bond donors (Lipinski definition) is 2. The van der Waals surface area contributed by atoms with E-state index in [1.165, 1.54) is 39.0 Å². The summed E-state index contributed by atoms with van der Waals surface area (Å²) in [6.07, 6.45) is -0.0987. The van der Waals surface area contributed by atoms with Crippen molar-refractivity contribution < 1.29 is 36.7 Å². The Bertz CT molecular complexity index is 1930. The minimum Gasteiger partial charge on any atom is -0.461 e. The standard InChI is InChI=1S/C37H47F4N9O4/c1-20-11-25-26(13-24(20)31-30(37(39,40)41)21(2)12-27(42)44-31)43-34(53-19-36-9-6-10-50(36)18-23(38)14-36)46-32(25)48(5)15-22-16-49(17-22)29(51)8-7-28-45-33(47-54-28)35(3,4)52/h7-8,12,20,22-24,52H,6,9-11,13-19H2,1-5H3,(H2,42,44)/b8-7+/t20-,23+,24-,36-/m0/s1. The molecule has 4 aliphatic rings. The van der Waals surface area contributed by atoms with Crippen LogP contribution in [0.2, 0.25) is 0 Å². The van der Waals surface area contributed by atoms with Crippen molar-refractivity contribution >= 4 is 23.6 Å². The number of fused-ring (bicyclic) bond motifs is 2. The van der Waals surface area contributed by atoms with Crippen LogP contribution < -0.4 is 15.4 Å². The number of likely N-dealkylation sites (tertiary alicyclic amines) is 1. The van der Waals surface area contributed by atoms with Crippen molar-refractivity contribution in [3.63, 3.8) is 0 Å². The van der Waals surface area contributed by atoms with E-state index < -0.39 is 35.0 Å². The predicted molar refractivity (Wildman–Crippen MR) is 190 cm³/mol. The number of hydrogen-bond acceptors (Lipinski definition) is 12. The Morgan fingerprint density at radius 3 is 2.65 bits per heavy atom. The fourth-order valence-electron chi connectivity index (χ4n) is 8.64. The van der Waals surface area contributed by atoms with Gasteiger partial charge in [-0.1, -0.05) is 12.1 Å². The zero-order valence-corrected chi connectivity index (χ0v) is 31.2. The number of aryl methyl sites for hydroxylation is 1. The Labute approximate surface area is 311 Å². The summed E-state index contributed by atoms with van der Waals surface area (Å²) in [7, 11) is 1.90. The van der Waals surface area contributed by atoms with E-state index in [1.807, 2.05) is 18.9 Å². The molecule has 3 N–H and O–H groups in total. The SMILES string of the molecule is Cc1cc(N)nc([C@H]2Cc3nc(OC[C@@]45CCCN4C[C@H](F)C5)nc(N(C)CC4CN(C(=O)/C=C/c5nc(C(C)(C)O)no5)C4)c3C[C@@H]2C)c1C(F)(F)F. The number of nitrogens with zero attached hydrogens (tertiary/aromatic N) is 8. The molecule has 3 aliphatic heterocycles. The molecule has 3 aromatic heterocycles. The average Bonchev–Trinajstić information content (AvgIpc) is 3.77. The van der Waals surface area contributed by atoms with Crippen molar-refractivity contribution in [2.45, 2.75) is 89.2 Å². The molecule has 3 saturated heterocycles. The molecular formula is C37H47F4N9O4. The highest BCUT2D eigenvalue weighted by atomic mass is 19.4. The molecule has 0 radical (unpaired) electrons. The van der Waals surface area contributed by atoms with Gasteiger partial charge in [-0.05, 0) is 70.5 Å². The van der Waals surface area contributed by atoms with Crippen molar-refractivity contribution in [1.82, 2.24) is 34.9 Å². The van der Waals surface area contributed by atoms with E-state index in [4.69, 9.17) is 25.0 Å². The van der Waals surface area contributed by atoms with Crippen LogP contribution in [0.5, 0.6) is 6.01 Å². The third-order valence-corrected chi connectivity index (χ3v) is 11.3. The van der Waals surface area contributed by atoms with E-state index in [9.17, 15) is 27.5 Å². The Morgan fingerprint density at radius 1 is 1.19 bits per heavy atom. The Hall–Kier alpha value is -4.38. The summed E-state index contributed by atoms with van der Waals surface area (Å²) in [6.45, 7) is 9.27.